The van der Waals surface area contributed by atoms with Crippen LogP contribution in [-0.4, -0.2) is 20.9 Å². The third kappa shape index (κ3) is 2.06. The number of carboxylic acids is 1. The predicted octanol–water partition coefficient (Wildman–Crippen LogP) is 2.44. The number of aromatic nitrogens is 2. The first-order chi connectivity index (χ1) is 8.13. The predicted molar refractivity (Wildman–Crippen MR) is 64.6 cm³/mol. The summed E-state index contributed by atoms with van der Waals surface area (Å²) in [5.41, 5.74) is 3.42. The Balaban J connectivity index is 2.55. The molecule has 4 nitrogen and oxygen atoms in total. The average molecular weight is 230 g/mol. The number of aromatic carboxylic acids is 1. The second kappa shape index (κ2) is 4.41. The number of carboxylic acid groups (broad SMARTS) is 1. The van der Waals surface area contributed by atoms with Crippen molar-refractivity contribution in [1.82, 2.24) is 9.78 Å². The van der Waals surface area contributed by atoms with Gasteiger partial charge in [0, 0.05) is 6.20 Å². The number of para-hydroxylation sites is 1. The standard InChI is InChI=1S/C13H14N2O2/c1-3-10-6-4-5-9(2)12(10)15-8-11(7-14-15)13(16)17/h4-8H,3H2,1-2H3,(H,16,17). The highest BCUT2D eigenvalue weighted by atomic mass is 16.4. The minimum atomic E-state index is -0.956. The SMILES string of the molecule is CCc1cccc(C)c1-n1cc(C(=O)O)cn1. The van der Waals surface area contributed by atoms with Gasteiger partial charge in [-0.2, -0.15) is 5.10 Å². The number of hydrogen-bond donors (Lipinski definition) is 1. The highest BCUT2D eigenvalue weighted by molar-refractivity contribution is 5.87. The quantitative estimate of drug-likeness (QED) is 0.881. The molecule has 0 saturated heterocycles. The van der Waals surface area contributed by atoms with Gasteiger partial charge in [0.15, 0.2) is 0 Å². The van der Waals surface area contributed by atoms with Crippen molar-refractivity contribution in [2.45, 2.75) is 20.3 Å². The zero-order valence-electron chi connectivity index (χ0n) is 9.84. The molecule has 0 aliphatic heterocycles. The van der Waals surface area contributed by atoms with Gasteiger partial charge in [0.1, 0.15) is 0 Å². The van der Waals surface area contributed by atoms with Crippen LogP contribution in [0, 0.1) is 6.92 Å². The summed E-state index contributed by atoms with van der Waals surface area (Å²) in [6, 6.07) is 6.03. The maximum absolute atomic E-state index is 10.8. The van der Waals surface area contributed by atoms with Crippen molar-refractivity contribution in [3.05, 3.63) is 47.3 Å². The maximum atomic E-state index is 10.8. The third-order valence-electron chi connectivity index (χ3n) is 2.76. The van der Waals surface area contributed by atoms with Gasteiger partial charge >= 0.3 is 5.97 Å². The lowest BCUT2D eigenvalue weighted by Crippen LogP contribution is -2.02. The van der Waals surface area contributed by atoms with Crippen molar-refractivity contribution in [1.29, 1.82) is 0 Å². The molecule has 0 aliphatic rings. The van der Waals surface area contributed by atoms with E-state index in [0.717, 1.165) is 23.2 Å². The van der Waals surface area contributed by atoms with E-state index < -0.39 is 5.97 Å². The maximum Gasteiger partial charge on any atom is 0.338 e. The highest BCUT2D eigenvalue weighted by Gasteiger charge is 2.11. The largest absolute Gasteiger partial charge is 0.478 e. The minimum absolute atomic E-state index is 0.204. The van der Waals surface area contributed by atoms with Crippen LogP contribution in [0.5, 0.6) is 0 Å². The Kier molecular flexibility index (Phi) is 2.95. The summed E-state index contributed by atoms with van der Waals surface area (Å²) in [7, 11) is 0. The Morgan fingerprint density at radius 2 is 2.24 bits per heavy atom. The van der Waals surface area contributed by atoms with Crippen LogP contribution in [0.15, 0.2) is 30.6 Å². The molecule has 4 heteroatoms. The van der Waals surface area contributed by atoms with E-state index in [-0.39, 0.29) is 5.56 Å². The average Bonchev–Trinajstić information content (AvgIpc) is 2.77. The van der Waals surface area contributed by atoms with Crippen LogP contribution in [-0.2, 0) is 6.42 Å². The first-order valence-electron chi connectivity index (χ1n) is 5.50. The van der Waals surface area contributed by atoms with E-state index in [9.17, 15) is 4.79 Å². The van der Waals surface area contributed by atoms with E-state index >= 15 is 0 Å². The molecular formula is C13H14N2O2. The number of hydrogen-bond acceptors (Lipinski definition) is 2. The van der Waals surface area contributed by atoms with Crippen LogP contribution < -0.4 is 0 Å². The molecule has 1 N–H and O–H groups in total. The van der Waals surface area contributed by atoms with Gasteiger partial charge in [-0.25, -0.2) is 9.48 Å². The molecule has 0 saturated carbocycles. The summed E-state index contributed by atoms with van der Waals surface area (Å²) < 4.78 is 1.64. The fourth-order valence-electron chi connectivity index (χ4n) is 1.89. The molecule has 2 rings (SSSR count). The van der Waals surface area contributed by atoms with E-state index in [2.05, 4.69) is 12.0 Å². The summed E-state index contributed by atoms with van der Waals surface area (Å²) in [6.07, 6.45) is 3.80. The van der Waals surface area contributed by atoms with Gasteiger partial charge in [0.05, 0.1) is 17.4 Å². The summed E-state index contributed by atoms with van der Waals surface area (Å²) in [4.78, 5) is 10.8. The molecule has 2 aromatic rings. The van der Waals surface area contributed by atoms with E-state index in [1.165, 1.54) is 6.20 Å². The lowest BCUT2D eigenvalue weighted by molar-refractivity contribution is 0.0697. The number of carbonyl (C=O) groups is 1. The molecule has 0 aliphatic carbocycles. The lowest BCUT2D eigenvalue weighted by Gasteiger charge is -2.10. The highest BCUT2D eigenvalue weighted by Crippen LogP contribution is 2.19. The van der Waals surface area contributed by atoms with Gasteiger partial charge in [-0.3, -0.25) is 0 Å². The molecule has 1 aromatic heterocycles. The second-order valence-electron chi connectivity index (χ2n) is 3.91. The van der Waals surface area contributed by atoms with E-state index in [1.807, 2.05) is 25.1 Å². The zero-order valence-corrected chi connectivity index (χ0v) is 9.84. The van der Waals surface area contributed by atoms with Gasteiger partial charge in [-0.15, -0.1) is 0 Å². The van der Waals surface area contributed by atoms with Crippen LogP contribution in [0.4, 0.5) is 0 Å². The Labute approximate surface area is 99.5 Å². The topological polar surface area (TPSA) is 55.1 Å². The van der Waals surface area contributed by atoms with Crippen molar-refractivity contribution < 1.29 is 9.90 Å². The molecule has 17 heavy (non-hydrogen) atoms. The first kappa shape index (κ1) is 11.4. The van der Waals surface area contributed by atoms with Gasteiger partial charge < -0.3 is 5.11 Å². The first-order valence-corrected chi connectivity index (χ1v) is 5.50. The molecule has 0 radical (unpaired) electrons. The molecule has 0 amide bonds. The van der Waals surface area contributed by atoms with Crippen molar-refractivity contribution in [3.8, 4) is 5.69 Å². The Hall–Kier alpha value is -2.10. The van der Waals surface area contributed by atoms with Crippen LogP contribution in [0.2, 0.25) is 0 Å². The van der Waals surface area contributed by atoms with Crippen LogP contribution in [0.1, 0.15) is 28.4 Å². The van der Waals surface area contributed by atoms with Gasteiger partial charge in [-0.05, 0) is 24.5 Å². The molecule has 88 valence electrons. The van der Waals surface area contributed by atoms with E-state index in [0.29, 0.717) is 0 Å². The Morgan fingerprint density at radius 1 is 1.47 bits per heavy atom. The monoisotopic (exact) mass is 230 g/mol. The van der Waals surface area contributed by atoms with Crippen molar-refractivity contribution in [3.63, 3.8) is 0 Å². The summed E-state index contributed by atoms with van der Waals surface area (Å²) >= 11 is 0. The molecule has 0 fully saturated rings. The Bertz CT molecular complexity index is 558. The summed E-state index contributed by atoms with van der Waals surface area (Å²) in [5.74, 6) is -0.956. The smallest absolute Gasteiger partial charge is 0.338 e. The molecule has 0 spiro atoms. The number of nitrogens with zero attached hydrogens (tertiary/aromatic N) is 2. The van der Waals surface area contributed by atoms with E-state index in [1.54, 1.807) is 10.9 Å². The summed E-state index contributed by atoms with van der Waals surface area (Å²) in [5, 5.41) is 13.0. The lowest BCUT2D eigenvalue weighted by atomic mass is 10.1. The number of benzene rings is 1. The molecule has 1 heterocycles. The Morgan fingerprint density at radius 3 is 2.82 bits per heavy atom. The molecule has 0 atom stereocenters. The zero-order chi connectivity index (χ0) is 12.4. The fourth-order valence-corrected chi connectivity index (χ4v) is 1.89. The number of rotatable bonds is 3. The second-order valence-corrected chi connectivity index (χ2v) is 3.91. The van der Waals surface area contributed by atoms with Crippen molar-refractivity contribution in [2.75, 3.05) is 0 Å². The van der Waals surface area contributed by atoms with Crippen molar-refractivity contribution >= 4 is 5.97 Å². The van der Waals surface area contributed by atoms with Crippen LogP contribution in [0.25, 0.3) is 5.69 Å². The van der Waals surface area contributed by atoms with Crippen LogP contribution >= 0.6 is 0 Å². The van der Waals surface area contributed by atoms with Gasteiger partial charge in [0.2, 0.25) is 0 Å². The number of aryl methyl sites for hydroxylation is 2. The fraction of sp³-hybridized carbons (Fsp3) is 0.231. The third-order valence-corrected chi connectivity index (χ3v) is 2.76. The summed E-state index contributed by atoms with van der Waals surface area (Å²) in [6.45, 7) is 4.07. The van der Waals surface area contributed by atoms with Crippen molar-refractivity contribution in [2.24, 2.45) is 0 Å². The van der Waals surface area contributed by atoms with Gasteiger partial charge in [-0.1, -0.05) is 25.1 Å². The molecule has 1 aromatic carbocycles. The normalized spacial score (nSPS) is 10.5. The van der Waals surface area contributed by atoms with Crippen LogP contribution in [0.3, 0.4) is 0 Å². The van der Waals surface area contributed by atoms with E-state index in [4.69, 9.17) is 5.11 Å². The molecule has 0 bridgehead atoms. The minimum Gasteiger partial charge on any atom is -0.478 e. The molecule has 0 unspecified atom stereocenters. The molecular weight excluding hydrogens is 216 g/mol. The van der Waals surface area contributed by atoms with Gasteiger partial charge in [0.25, 0.3) is 0 Å².